The number of esters is 1. The Bertz CT molecular complexity index is 1110. The van der Waals surface area contributed by atoms with Gasteiger partial charge < -0.3 is 15.4 Å². The largest absolute Gasteiger partial charge is 0.465 e. The summed E-state index contributed by atoms with van der Waals surface area (Å²) in [5.74, 6) is -1.57. The molecule has 2 aromatic carbocycles. The summed E-state index contributed by atoms with van der Waals surface area (Å²) < 4.78 is 18.4. The minimum atomic E-state index is -0.490. The molecule has 2 N–H and O–H groups in total. The quantitative estimate of drug-likeness (QED) is 0.535. The second-order valence-corrected chi connectivity index (χ2v) is 7.88. The Morgan fingerprint density at radius 1 is 1.03 bits per heavy atom. The summed E-state index contributed by atoms with van der Waals surface area (Å²) >= 11 is 1.05. The summed E-state index contributed by atoms with van der Waals surface area (Å²) in [5.41, 5.74) is 1.64. The van der Waals surface area contributed by atoms with Crippen LogP contribution in [0.5, 0.6) is 0 Å². The van der Waals surface area contributed by atoms with Crippen LogP contribution < -0.4 is 10.6 Å². The molecule has 6 nitrogen and oxygen atoms in total. The highest BCUT2D eigenvalue weighted by Gasteiger charge is 2.17. The van der Waals surface area contributed by atoms with Gasteiger partial charge in [0.1, 0.15) is 10.7 Å². The zero-order chi connectivity index (χ0) is 22.4. The molecule has 1 heterocycles. The number of carbonyl (C=O) groups is 3. The van der Waals surface area contributed by atoms with Crippen molar-refractivity contribution >= 4 is 34.8 Å². The minimum Gasteiger partial charge on any atom is -0.465 e. The summed E-state index contributed by atoms with van der Waals surface area (Å²) in [5, 5.41) is 5.62. The van der Waals surface area contributed by atoms with E-state index in [-0.39, 0.29) is 24.3 Å². The molecule has 3 rings (SSSR count). The van der Waals surface area contributed by atoms with Crippen molar-refractivity contribution in [1.29, 1.82) is 0 Å². The molecule has 31 heavy (non-hydrogen) atoms. The van der Waals surface area contributed by atoms with Gasteiger partial charge in [-0.1, -0.05) is 30.3 Å². The third kappa shape index (κ3) is 5.76. The molecule has 0 aliphatic carbocycles. The lowest BCUT2D eigenvalue weighted by Gasteiger charge is -2.15. The first-order valence-electron chi connectivity index (χ1n) is 9.49. The number of anilines is 1. The summed E-state index contributed by atoms with van der Waals surface area (Å²) in [6, 6.07) is 16.0. The smallest absolute Gasteiger partial charge is 0.348 e. The van der Waals surface area contributed by atoms with Crippen molar-refractivity contribution in [2.45, 2.75) is 19.4 Å². The number of hydrogen-bond acceptors (Lipinski definition) is 5. The highest BCUT2D eigenvalue weighted by atomic mass is 32.1. The molecule has 0 aliphatic rings. The van der Waals surface area contributed by atoms with Gasteiger partial charge in [-0.2, -0.15) is 0 Å². The van der Waals surface area contributed by atoms with Crippen LogP contribution in [0.2, 0.25) is 0 Å². The first kappa shape index (κ1) is 22.2. The maximum atomic E-state index is 13.7. The lowest BCUT2D eigenvalue weighted by atomic mass is 10.1. The minimum absolute atomic E-state index is 0.0793. The molecule has 0 radical (unpaired) electrons. The second kappa shape index (κ2) is 9.99. The SMILES string of the molecule is COC(=O)c1ccc(C(=O)NC(C)c2cccc(NC(=O)Cc3ccccc3F)c2)s1. The molecule has 2 amide bonds. The Balaban J connectivity index is 1.63. The highest BCUT2D eigenvalue weighted by molar-refractivity contribution is 7.15. The van der Waals surface area contributed by atoms with Crippen LogP contribution in [0.3, 0.4) is 0 Å². The first-order valence-corrected chi connectivity index (χ1v) is 10.3. The number of ether oxygens (including phenoxy) is 1. The van der Waals surface area contributed by atoms with E-state index in [4.69, 9.17) is 0 Å². The molecule has 0 aliphatic heterocycles. The maximum absolute atomic E-state index is 13.7. The van der Waals surface area contributed by atoms with E-state index in [1.807, 2.05) is 13.0 Å². The van der Waals surface area contributed by atoms with Crippen molar-refractivity contribution < 1.29 is 23.5 Å². The van der Waals surface area contributed by atoms with Gasteiger partial charge in [-0.3, -0.25) is 9.59 Å². The van der Waals surface area contributed by atoms with Crippen LogP contribution in [0, 0.1) is 5.82 Å². The molecule has 0 saturated carbocycles. The van der Waals surface area contributed by atoms with E-state index >= 15 is 0 Å². The van der Waals surface area contributed by atoms with Crippen molar-refractivity contribution in [3.8, 4) is 0 Å². The molecule has 160 valence electrons. The van der Waals surface area contributed by atoms with Crippen molar-refractivity contribution in [2.24, 2.45) is 0 Å². The molecule has 3 aromatic rings. The van der Waals surface area contributed by atoms with E-state index in [0.717, 1.165) is 16.9 Å². The van der Waals surface area contributed by atoms with Gasteiger partial charge >= 0.3 is 5.97 Å². The number of halogens is 1. The van der Waals surface area contributed by atoms with E-state index in [0.29, 0.717) is 21.0 Å². The molecule has 1 aromatic heterocycles. The lowest BCUT2D eigenvalue weighted by Crippen LogP contribution is -2.26. The van der Waals surface area contributed by atoms with E-state index in [1.54, 1.807) is 48.5 Å². The summed E-state index contributed by atoms with van der Waals surface area (Å²) in [4.78, 5) is 37.1. The zero-order valence-corrected chi connectivity index (χ0v) is 17.8. The molecule has 1 atom stereocenters. The predicted octanol–water partition coefficient (Wildman–Crippen LogP) is 4.35. The van der Waals surface area contributed by atoms with Gasteiger partial charge in [0, 0.05) is 5.69 Å². The highest BCUT2D eigenvalue weighted by Crippen LogP contribution is 2.21. The molecular formula is C23H21FN2O4S. The Morgan fingerprint density at radius 2 is 1.77 bits per heavy atom. The predicted molar refractivity (Wildman–Crippen MR) is 117 cm³/mol. The normalized spacial score (nSPS) is 11.5. The van der Waals surface area contributed by atoms with E-state index in [1.165, 1.54) is 13.2 Å². The average Bonchev–Trinajstić information content (AvgIpc) is 3.25. The van der Waals surface area contributed by atoms with Gasteiger partial charge in [0.2, 0.25) is 5.91 Å². The van der Waals surface area contributed by atoms with Gasteiger partial charge in [0.25, 0.3) is 5.91 Å². The second-order valence-electron chi connectivity index (χ2n) is 6.79. The van der Waals surface area contributed by atoms with Crippen molar-refractivity contribution in [3.05, 3.63) is 87.4 Å². The number of benzene rings is 2. The van der Waals surface area contributed by atoms with Crippen molar-refractivity contribution in [1.82, 2.24) is 5.32 Å². The summed E-state index contributed by atoms with van der Waals surface area (Å²) in [6.45, 7) is 1.81. The van der Waals surface area contributed by atoms with E-state index in [9.17, 15) is 18.8 Å². The molecule has 1 unspecified atom stereocenters. The third-order valence-corrected chi connectivity index (χ3v) is 5.61. The number of thiophene rings is 1. The number of nitrogens with one attached hydrogen (secondary N) is 2. The van der Waals surface area contributed by atoms with Gasteiger partial charge in [-0.25, -0.2) is 9.18 Å². The number of carbonyl (C=O) groups excluding carboxylic acids is 3. The Morgan fingerprint density at radius 3 is 2.52 bits per heavy atom. The Labute approximate surface area is 183 Å². The van der Waals surface area contributed by atoms with Crippen LogP contribution in [0.4, 0.5) is 10.1 Å². The van der Waals surface area contributed by atoms with Crippen LogP contribution in [0.15, 0.2) is 60.7 Å². The van der Waals surface area contributed by atoms with Gasteiger partial charge in [-0.05, 0) is 48.4 Å². The fraction of sp³-hybridized carbons (Fsp3) is 0.174. The summed E-state index contributed by atoms with van der Waals surface area (Å²) in [6.07, 6.45) is -0.0793. The zero-order valence-electron chi connectivity index (χ0n) is 17.0. The number of hydrogen-bond donors (Lipinski definition) is 2. The molecule has 0 saturated heterocycles. The van der Waals surface area contributed by atoms with Crippen LogP contribution in [0.25, 0.3) is 0 Å². The number of rotatable bonds is 7. The molecule has 0 spiro atoms. The van der Waals surface area contributed by atoms with Crippen LogP contribution in [0.1, 0.15) is 43.4 Å². The van der Waals surface area contributed by atoms with Crippen LogP contribution in [-0.2, 0) is 16.0 Å². The van der Waals surface area contributed by atoms with Gasteiger partial charge in [-0.15, -0.1) is 11.3 Å². The van der Waals surface area contributed by atoms with Gasteiger partial charge in [0.05, 0.1) is 24.4 Å². The Hall–Kier alpha value is -3.52. The topological polar surface area (TPSA) is 84.5 Å². The third-order valence-electron chi connectivity index (χ3n) is 4.54. The number of methoxy groups -OCH3 is 1. The summed E-state index contributed by atoms with van der Waals surface area (Å²) in [7, 11) is 1.28. The average molecular weight is 440 g/mol. The standard InChI is InChI=1S/C23H21FN2O4S/c1-14(25-22(28)19-10-11-20(31-19)23(29)30-2)15-7-5-8-17(12-15)26-21(27)13-16-6-3-4-9-18(16)24/h3-12,14H,13H2,1-2H3,(H,25,28)(H,26,27). The van der Waals surface area contributed by atoms with Crippen molar-refractivity contribution in [2.75, 3.05) is 12.4 Å². The van der Waals surface area contributed by atoms with Crippen LogP contribution >= 0.6 is 11.3 Å². The van der Waals surface area contributed by atoms with Crippen molar-refractivity contribution in [3.63, 3.8) is 0 Å². The van der Waals surface area contributed by atoms with E-state index < -0.39 is 11.8 Å². The number of amides is 2. The molecule has 0 fully saturated rings. The first-order chi connectivity index (χ1) is 14.9. The molecule has 0 bridgehead atoms. The fourth-order valence-electron chi connectivity index (χ4n) is 2.93. The fourth-order valence-corrected chi connectivity index (χ4v) is 3.75. The monoisotopic (exact) mass is 440 g/mol. The molecular weight excluding hydrogens is 419 g/mol. The van der Waals surface area contributed by atoms with Crippen LogP contribution in [-0.4, -0.2) is 24.9 Å². The lowest BCUT2D eigenvalue weighted by molar-refractivity contribution is -0.115. The van der Waals surface area contributed by atoms with E-state index in [2.05, 4.69) is 15.4 Å². The molecule has 8 heteroatoms. The Kier molecular flexibility index (Phi) is 7.15. The maximum Gasteiger partial charge on any atom is 0.348 e. The van der Waals surface area contributed by atoms with Gasteiger partial charge in [0.15, 0.2) is 0 Å².